The highest BCUT2D eigenvalue weighted by atomic mass is 32.1. The van der Waals surface area contributed by atoms with Crippen molar-refractivity contribution in [2.75, 3.05) is 45.2 Å². The van der Waals surface area contributed by atoms with Gasteiger partial charge < -0.3 is 20.0 Å². The molecule has 3 aliphatic heterocycles. The third-order valence-electron chi connectivity index (χ3n) is 6.15. The first-order valence-corrected chi connectivity index (χ1v) is 10.8. The Bertz CT molecular complexity index is 680. The van der Waals surface area contributed by atoms with Crippen LogP contribution in [0.15, 0.2) is 11.6 Å². The molecule has 2 bridgehead atoms. The second kappa shape index (κ2) is 7.75. The van der Waals surface area contributed by atoms with Crippen LogP contribution >= 0.6 is 11.3 Å². The van der Waals surface area contributed by atoms with E-state index in [4.69, 9.17) is 0 Å². The van der Waals surface area contributed by atoms with Gasteiger partial charge in [0.05, 0.1) is 12.6 Å². The van der Waals surface area contributed by atoms with Crippen LogP contribution in [0.2, 0.25) is 0 Å². The summed E-state index contributed by atoms with van der Waals surface area (Å²) < 4.78 is 0. The lowest BCUT2D eigenvalue weighted by atomic mass is 9.72. The van der Waals surface area contributed by atoms with Crippen LogP contribution in [0, 0.1) is 11.8 Å². The molecule has 0 radical (unpaired) electrons. The topological polar surface area (TPSA) is 68.8 Å². The summed E-state index contributed by atoms with van der Waals surface area (Å²) in [5.74, 6) is 1.18. The number of thiazole rings is 1. The molecular weight excluding hydrogens is 362 g/mol. The Hall–Kier alpha value is -1.67. The highest BCUT2D eigenvalue weighted by molar-refractivity contribution is 7.13. The highest BCUT2D eigenvalue weighted by Crippen LogP contribution is 2.42. The molecule has 0 saturated carbocycles. The van der Waals surface area contributed by atoms with Crippen molar-refractivity contribution in [3.63, 3.8) is 0 Å². The number of fused-ring (bicyclic) bond motifs is 4. The summed E-state index contributed by atoms with van der Waals surface area (Å²) in [7, 11) is 3.78. The molecule has 0 aromatic carbocycles. The zero-order valence-corrected chi connectivity index (χ0v) is 17.0. The quantitative estimate of drug-likeness (QED) is 0.812. The molecule has 0 aliphatic carbocycles. The van der Waals surface area contributed by atoms with Crippen LogP contribution in [0.1, 0.15) is 25.7 Å². The molecule has 4 heterocycles. The average Bonchev–Trinajstić information content (AvgIpc) is 3.16. The summed E-state index contributed by atoms with van der Waals surface area (Å²) in [6, 6.07) is 0.397. The van der Waals surface area contributed by atoms with E-state index in [1.54, 1.807) is 11.3 Å². The van der Waals surface area contributed by atoms with Crippen LogP contribution < -0.4 is 10.2 Å². The number of carbonyl (C=O) groups is 2. The van der Waals surface area contributed by atoms with Crippen molar-refractivity contribution in [2.45, 2.75) is 37.8 Å². The Morgan fingerprint density at radius 1 is 1.37 bits per heavy atom. The normalized spacial score (nSPS) is 30.4. The molecule has 4 rings (SSSR count). The fourth-order valence-electron chi connectivity index (χ4n) is 5.13. The molecule has 1 aromatic rings. The summed E-state index contributed by atoms with van der Waals surface area (Å²) in [6.07, 6.45) is 5.72. The van der Waals surface area contributed by atoms with E-state index in [0.29, 0.717) is 37.4 Å². The molecule has 148 valence electrons. The van der Waals surface area contributed by atoms with Gasteiger partial charge in [0, 0.05) is 43.7 Å². The number of nitrogens with one attached hydrogen (secondary N) is 1. The van der Waals surface area contributed by atoms with Crippen molar-refractivity contribution in [1.29, 1.82) is 0 Å². The van der Waals surface area contributed by atoms with Gasteiger partial charge in [-0.3, -0.25) is 9.59 Å². The maximum atomic E-state index is 12.8. The molecular formula is C19H29N5O2S. The number of anilines is 1. The largest absolute Gasteiger partial charge is 0.353 e. The Labute approximate surface area is 164 Å². The van der Waals surface area contributed by atoms with Gasteiger partial charge in [-0.2, -0.15) is 0 Å². The van der Waals surface area contributed by atoms with E-state index < -0.39 is 0 Å². The highest BCUT2D eigenvalue weighted by Gasteiger charge is 2.49. The molecule has 2 amide bonds. The van der Waals surface area contributed by atoms with Crippen molar-refractivity contribution in [1.82, 2.24) is 20.1 Å². The number of nitrogens with zero attached hydrogens (tertiary/aromatic N) is 4. The first-order chi connectivity index (χ1) is 13.0. The van der Waals surface area contributed by atoms with Crippen molar-refractivity contribution in [2.24, 2.45) is 11.8 Å². The fraction of sp³-hybridized carbons (Fsp3) is 0.737. The summed E-state index contributed by atoms with van der Waals surface area (Å²) in [4.78, 5) is 35.9. The first kappa shape index (κ1) is 18.7. The average molecular weight is 392 g/mol. The van der Waals surface area contributed by atoms with E-state index >= 15 is 0 Å². The summed E-state index contributed by atoms with van der Waals surface area (Å²) in [5.41, 5.74) is 0. The molecule has 8 heteroatoms. The van der Waals surface area contributed by atoms with Gasteiger partial charge in [-0.05, 0) is 45.2 Å². The van der Waals surface area contributed by atoms with Crippen molar-refractivity contribution in [3.8, 4) is 0 Å². The van der Waals surface area contributed by atoms with E-state index in [0.717, 1.165) is 37.5 Å². The van der Waals surface area contributed by atoms with Crippen molar-refractivity contribution >= 4 is 28.3 Å². The minimum absolute atomic E-state index is 0.0238. The van der Waals surface area contributed by atoms with E-state index in [9.17, 15) is 9.59 Å². The van der Waals surface area contributed by atoms with Crippen LogP contribution in [-0.2, 0) is 9.59 Å². The molecule has 0 unspecified atom stereocenters. The molecule has 3 saturated heterocycles. The van der Waals surface area contributed by atoms with Crippen LogP contribution in [0.3, 0.4) is 0 Å². The number of rotatable bonds is 5. The molecule has 1 aromatic heterocycles. The lowest BCUT2D eigenvalue weighted by Crippen LogP contribution is -2.67. The Kier molecular flexibility index (Phi) is 5.36. The molecule has 3 fully saturated rings. The standard InChI is InChI=1S/C19H29N5O2S/c1-22(2)12-17(25)21-9-16-14-8-13(15-4-3-5-18(26)24(15)16)10-23(11-14)19-20-6-7-27-19/h6-7,13-16H,3-5,8-12H2,1-2H3,(H,21,25)/t13-,14+,15+,16+/m1/s1. The van der Waals surface area contributed by atoms with E-state index in [-0.39, 0.29) is 17.9 Å². The number of hydrogen-bond acceptors (Lipinski definition) is 6. The molecule has 27 heavy (non-hydrogen) atoms. The zero-order chi connectivity index (χ0) is 19.0. The molecule has 0 spiro atoms. The number of piperidine rings is 3. The number of hydrogen-bond donors (Lipinski definition) is 1. The van der Waals surface area contributed by atoms with Gasteiger partial charge >= 0.3 is 0 Å². The number of aromatic nitrogens is 1. The number of amides is 2. The summed E-state index contributed by atoms with van der Waals surface area (Å²) in [5, 5.41) is 6.19. The van der Waals surface area contributed by atoms with Crippen LogP contribution in [0.4, 0.5) is 5.13 Å². The van der Waals surface area contributed by atoms with E-state index in [2.05, 4.69) is 20.1 Å². The predicted octanol–water partition coefficient (Wildman–Crippen LogP) is 1.03. The molecule has 1 N–H and O–H groups in total. The van der Waals surface area contributed by atoms with Gasteiger partial charge in [-0.25, -0.2) is 4.98 Å². The van der Waals surface area contributed by atoms with Gasteiger partial charge in [0.15, 0.2) is 5.13 Å². The van der Waals surface area contributed by atoms with E-state index in [1.165, 1.54) is 0 Å². The second-order valence-corrected chi connectivity index (χ2v) is 9.22. The minimum Gasteiger partial charge on any atom is -0.353 e. The molecule has 3 aliphatic rings. The van der Waals surface area contributed by atoms with Crippen LogP contribution in [-0.4, -0.2) is 79.0 Å². The van der Waals surface area contributed by atoms with Crippen molar-refractivity contribution < 1.29 is 9.59 Å². The maximum Gasteiger partial charge on any atom is 0.234 e. The second-order valence-electron chi connectivity index (χ2n) is 8.35. The van der Waals surface area contributed by atoms with Gasteiger partial charge in [0.1, 0.15) is 0 Å². The lowest BCUT2D eigenvalue weighted by molar-refractivity contribution is -0.149. The smallest absolute Gasteiger partial charge is 0.234 e. The number of carbonyl (C=O) groups excluding carboxylic acids is 2. The maximum absolute atomic E-state index is 12.8. The lowest BCUT2D eigenvalue weighted by Gasteiger charge is -2.56. The van der Waals surface area contributed by atoms with Gasteiger partial charge in [-0.1, -0.05) is 0 Å². The number of likely N-dealkylation sites (N-methyl/N-ethyl adjacent to an activating group) is 1. The zero-order valence-electron chi connectivity index (χ0n) is 16.1. The van der Waals surface area contributed by atoms with Crippen LogP contribution in [0.25, 0.3) is 0 Å². The minimum atomic E-state index is 0.0238. The SMILES string of the molecule is CN(C)CC(=O)NC[C@H]1[C@H]2C[C@H](CN(c3nccs3)C2)[C@@H]2CCCC(=O)N21. The Morgan fingerprint density at radius 3 is 2.93 bits per heavy atom. The predicted molar refractivity (Wildman–Crippen MR) is 106 cm³/mol. The van der Waals surface area contributed by atoms with Gasteiger partial charge in [0.2, 0.25) is 11.8 Å². The summed E-state index contributed by atoms with van der Waals surface area (Å²) in [6.45, 7) is 2.83. The molecule has 4 atom stereocenters. The van der Waals surface area contributed by atoms with Crippen molar-refractivity contribution in [3.05, 3.63) is 11.6 Å². The third-order valence-corrected chi connectivity index (χ3v) is 6.99. The van der Waals surface area contributed by atoms with Gasteiger partial charge in [-0.15, -0.1) is 11.3 Å². The fourth-order valence-corrected chi connectivity index (χ4v) is 5.79. The third kappa shape index (κ3) is 3.82. The first-order valence-electron chi connectivity index (χ1n) is 9.90. The van der Waals surface area contributed by atoms with Crippen LogP contribution in [0.5, 0.6) is 0 Å². The van der Waals surface area contributed by atoms with Gasteiger partial charge in [0.25, 0.3) is 0 Å². The Morgan fingerprint density at radius 2 is 2.19 bits per heavy atom. The Balaban J connectivity index is 1.53. The molecule has 7 nitrogen and oxygen atoms in total. The monoisotopic (exact) mass is 391 g/mol. The van der Waals surface area contributed by atoms with E-state index in [1.807, 2.05) is 30.6 Å². The summed E-state index contributed by atoms with van der Waals surface area (Å²) >= 11 is 1.68.